The molecule has 1 aliphatic heterocycles. The summed E-state index contributed by atoms with van der Waals surface area (Å²) in [6.45, 7) is 3.38. The average Bonchev–Trinajstić information content (AvgIpc) is 2.61. The molecule has 4 N–H and O–H groups in total. The van der Waals surface area contributed by atoms with Crippen molar-refractivity contribution in [1.29, 1.82) is 0 Å². The number of likely N-dealkylation sites (N-methyl/N-ethyl adjacent to an activating group) is 1. The molecule has 1 aliphatic carbocycles. The first-order valence-electron chi connectivity index (χ1n) is 8.63. The number of aliphatic imine (C=N–C) groups is 1. The maximum atomic E-state index is 12.9. The SMILES string of the molecule is C=C(F)/C(F)=C\CCCOC1C=CC(/C(N)=C2\C(N)=NC=CN2C)CC1. The van der Waals surface area contributed by atoms with Gasteiger partial charge in [-0.3, -0.25) is 0 Å². The minimum absolute atomic E-state index is 0.00372. The van der Waals surface area contributed by atoms with Crippen molar-refractivity contribution < 1.29 is 13.5 Å². The molecule has 142 valence electrons. The molecule has 0 fully saturated rings. The molecule has 0 radical (unpaired) electrons. The van der Waals surface area contributed by atoms with Crippen molar-refractivity contribution in [2.24, 2.45) is 22.4 Å². The highest BCUT2D eigenvalue weighted by atomic mass is 19.2. The Morgan fingerprint density at radius 1 is 1.42 bits per heavy atom. The zero-order valence-electron chi connectivity index (χ0n) is 15.0. The Labute approximate surface area is 153 Å². The molecular weight excluding hydrogens is 338 g/mol. The fourth-order valence-corrected chi connectivity index (χ4v) is 2.91. The van der Waals surface area contributed by atoms with Crippen LogP contribution in [0.4, 0.5) is 8.78 Å². The minimum atomic E-state index is -1.04. The van der Waals surface area contributed by atoms with E-state index in [1.807, 2.05) is 30.3 Å². The lowest BCUT2D eigenvalue weighted by atomic mass is 9.90. The zero-order valence-corrected chi connectivity index (χ0v) is 15.0. The van der Waals surface area contributed by atoms with E-state index in [1.54, 1.807) is 6.20 Å². The highest BCUT2D eigenvalue weighted by Crippen LogP contribution is 2.27. The van der Waals surface area contributed by atoms with Crippen LogP contribution in [0.5, 0.6) is 0 Å². The van der Waals surface area contributed by atoms with E-state index in [-0.39, 0.29) is 12.0 Å². The van der Waals surface area contributed by atoms with Crippen molar-refractivity contribution in [3.8, 4) is 0 Å². The van der Waals surface area contributed by atoms with Crippen LogP contribution in [0.15, 0.2) is 65.2 Å². The van der Waals surface area contributed by atoms with Gasteiger partial charge in [-0.1, -0.05) is 18.7 Å². The number of unbranched alkanes of at least 4 members (excludes halogenated alkanes) is 1. The molecule has 1 heterocycles. The Hall–Kier alpha value is -2.41. The molecule has 2 aliphatic rings. The Balaban J connectivity index is 1.83. The van der Waals surface area contributed by atoms with Crippen molar-refractivity contribution in [3.05, 3.63) is 60.3 Å². The molecule has 0 spiro atoms. The molecule has 0 bridgehead atoms. The quantitative estimate of drug-likeness (QED) is 0.412. The molecule has 26 heavy (non-hydrogen) atoms. The summed E-state index contributed by atoms with van der Waals surface area (Å²) in [6.07, 6.45) is 11.4. The maximum absolute atomic E-state index is 12.9. The number of rotatable bonds is 7. The number of hydrogen-bond acceptors (Lipinski definition) is 5. The smallest absolute Gasteiger partial charge is 0.154 e. The van der Waals surface area contributed by atoms with Crippen LogP contribution in [0, 0.1) is 5.92 Å². The van der Waals surface area contributed by atoms with Crippen molar-refractivity contribution in [3.63, 3.8) is 0 Å². The number of nitrogens with zero attached hydrogens (tertiary/aromatic N) is 2. The van der Waals surface area contributed by atoms with Gasteiger partial charge in [0, 0.05) is 37.7 Å². The maximum Gasteiger partial charge on any atom is 0.154 e. The number of halogens is 2. The van der Waals surface area contributed by atoms with Gasteiger partial charge < -0.3 is 21.1 Å². The second-order valence-corrected chi connectivity index (χ2v) is 6.30. The Bertz CT molecular complexity index is 679. The average molecular weight is 364 g/mol. The summed E-state index contributed by atoms with van der Waals surface area (Å²) in [5.41, 5.74) is 13.7. The van der Waals surface area contributed by atoms with Gasteiger partial charge in [-0.15, -0.1) is 0 Å². The van der Waals surface area contributed by atoms with E-state index in [0.29, 0.717) is 31.0 Å². The van der Waals surface area contributed by atoms with Gasteiger partial charge in [0.15, 0.2) is 11.7 Å². The van der Waals surface area contributed by atoms with Crippen LogP contribution >= 0.6 is 0 Å². The fourth-order valence-electron chi connectivity index (χ4n) is 2.91. The van der Waals surface area contributed by atoms with Gasteiger partial charge >= 0.3 is 0 Å². The van der Waals surface area contributed by atoms with Gasteiger partial charge in [-0.05, 0) is 31.8 Å². The van der Waals surface area contributed by atoms with E-state index >= 15 is 0 Å². The molecule has 0 aromatic carbocycles. The van der Waals surface area contributed by atoms with Crippen LogP contribution in [-0.4, -0.2) is 30.5 Å². The largest absolute Gasteiger partial charge is 0.400 e. The van der Waals surface area contributed by atoms with Crippen molar-refractivity contribution in [1.82, 2.24) is 4.90 Å². The molecule has 0 saturated carbocycles. The van der Waals surface area contributed by atoms with E-state index in [9.17, 15) is 8.78 Å². The normalized spacial score (nSPS) is 25.3. The number of ether oxygens (including phenoxy) is 1. The first-order chi connectivity index (χ1) is 12.4. The molecule has 0 aromatic heterocycles. The lowest BCUT2D eigenvalue weighted by Gasteiger charge is -2.28. The summed E-state index contributed by atoms with van der Waals surface area (Å²) < 4.78 is 31.2. The lowest BCUT2D eigenvalue weighted by molar-refractivity contribution is 0.0713. The van der Waals surface area contributed by atoms with Crippen LogP contribution in [0.1, 0.15) is 25.7 Å². The van der Waals surface area contributed by atoms with Crippen LogP contribution in [0.3, 0.4) is 0 Å². The first kappa shape index (κ1) is 19.9. The molecule has 2 rings (SSSR count). The summed E-state index contributed by atoms with van der Waals surface area (Å²) in [5.74, 6) is -1.45. The third-order valence-corrected chi connectivity index (χ3v) is 4.36. The zero-order chi connectivity index (χ0) is 19.1. The van der Waals surface area contributed by atoms with Gasteiger partial charge in [-0.2, -0.15) is 0 Å². The molecule has 2 unspecified atom stereocenters. The summed E-state index contributed by atoms with van der Waals surface area (Å²) in [5, 5.41) is 0. The summed E-state index contributed by atoms with van der Waals surface area (Å²) in [4.78, 5) is 5.97. The molecule has 2 atom stereocenters. The van der Waals surface area contributed by atoms with E-state index in [0.717, 1.165) is 18.5 Å². The molecule has 0 amide bonds. The van der Waals surface area contributed by atoms with Crippen molar-refractivity contribution in [2.45, 2.75) is 31.8 Å². The second kappa shape index (κ2) is 9.33. The predicted octanol–water partition coefficient (Wildman–Crippen LogP) is 3.40. The standard InChI is InChI=1S/C19H26F2N4O/c1-13(20)16(21)5-3-4-12-26-15-8-6-14(7-9-15)17(22)18-19(23)24-10-11-25(18)2/h5-6,8,10-11,14-15H,1,3-4,7,9,12,22H2,2H3,(H2,23,24)/b16-5+,18-17-. The van der Waals surface area contributed by atoms with Crippen LogP contribution < -0.4 is 11.5 Å². The molecule has 5 nitrogen and oxygen atoms in total. The molecule has 0 saturated heterocycles. The number of amidine groups is 1. The Kier molecular flexibility index (Phi) is 7.15. The molecule has 7 heteroatoms. The molecular formula is C19H26F2N4O. The molecule has 0 aromatic rings. The van der Waals surface area contributed by atoms with Gasteiger partial charge in [0.2, 0.25) is 0 Å². The second-order valence-electron chi connectivity index (χ2n) is 6.30. The Morgan fingerprint density at radius 2 is 2.19 bits per heavy atom. The van der Waals surface area contributed by atoms with E-state index in [1.165, 1.54) is 6.08 Å². The first-order valence-corrected chi connectivity index (χ1v) is 8.63. The third-order valence-electron chi connectivity index (χ3n) is 4.36. The van der Waals surface area contributed by atoms with Crippen LogP contribution in [0.25, 0.3) is 0 Å². The highest BCUT2D eigenvalue weighted by Gasteiger charge is 2.23. The highest BCUT2D eigenvalue weighted by molar-refractivity contribution is 5.98. The third kappa shape index (κ3) is 5.29. The van der Waals surface area contributed by atoms with E-state index in [2.05, 4.69) is 11.6 Å². The van der Waals surface area contributed by atoms with Gasteiger partial charge in [0.1, 0.15) is 11.5 Å². The van der Waals surface area contributed by atoms with Crippen LogP contribution in [-0.2, 0) is 4.74 Å². The lowest BCUT2D eigenvalue weighted by Crippen LogP contribution is -2.33. The van der Waals surface area contributed by atoms with E-state index < -0.39 is 11.7 Å². The van der Waals surface area contributed by atoms with E-state index in [4.69, 9.17) is 16.2 Å². The summed E-state index contributed by atoms with van der Waals surface area (Å²) in [7, 11) is 1.88. The fraction of sp³-hybridized carbons (Fsp3) is 0.421. The van der Waals surface area contributed by atoms with Crippen molar-refractivity contribution in [2.75, 3.05) is 13.7 Å². The van der Waals surface area contributed by atoms with Gasteiger partial charge in [-0.25, -0.2) is 13.8 Å². The number of nitrogens with two attached hydrogens (primary N) is 2. The summed E-state index contributed by atoms with van der Waals surface area (Å²) >= 11 is 0. The number of hydrogen-bond donors (Lipinski definition) is 2. The van der Waals surface area contributed by atoms with Crippen molar-refractivity contribution >= 4 is 5.84 Å². The minimum Gasteiger partial charge on any atom is -0.400 e. The summed E-state index contributed by atoms with van der Waals surface area (Å²) in [6, 6.07) is 0. The van der Waals surface area contributed by atoms with Crippen LogP contribution in [0.2, 0.25) is 0 Å². The number of allylic oxidation sites excluding steroid dienone is 4. The Morgan fingerprint density at radius 3 is 2.81 bits per heavy atom. The van der Waals surface area contributed by atoms with Gasteiger partial charge in [0.05, 0.1) is 6.10 Å². The predicted molar refractivity (Wildman–Crippen MR) is 100 cm³/mol. The topological polar surface area (TPSA) is 76.9 Å². The van der Waals surface area contributed by atoms with Gasteiger partial charge in [0.25, 0.3) is 0 Å². The monoisotopic (exact) mass is 364 g/mol.